The highest BCUT2D eigenvalue weighted by Crippen LogP contribution is 2.25. The molecule has 0 bridgehead atoms. The van der Waals surface area contributed by atoms with Crippen molar-refractivity contribution in [1.29, 1.82) is 0 Å². The van der Waals surface area contributed by atoms with Crippen molar-refractivity contribution in [1.82, 2.24) is 10.2 Å². The second kappa shape index (κ2) is 8.10. The number of likely N-dealkylation sites (N-methyl/N-ethyl adjacent to an activating group) is 1. The van der Waals surface area contributed by atoms with Crippen molar-refractivity contribution in [3.05, 3.63) is 28.2 Å². The highest BCUT2D eigenvalue weighted by Gasteiger charge is 2.19. The predicted octanol–water partition coefficient (Wildman–Crippen LogP) is 3.06. The summed E-state index contributed by atoms with van der Waals surface area (Å²) in [7, 11) is 3.78. The molecule has 0 radical (unpaired) electrons. The summed E-state index contributed by atoms with van der Waals surface area (Å²) in [5.74, 6) is 0.968. The Morgan fingerprint density at radius 2 is 2.26 bits per heavy atom. The van der Waals surface area contributed by atoms with Crippen LogP contribution in [-0.2, 0) is 6.54 Å². The van der Waals surface area contributed by atoms with Gasteiger partial charge >= 0.3 is 0 Å². The average Bonchev–Trinajstić information content (AvgIpc) is 2.41. The second-order valence-electron chi connectivity index (χ2n) is 4.82. The summed E-state index contributed by atoms with van der Waals surface area (Å²) in [5.41, 5.74) is 1.26. The third-order valence-electron chi connectivity index (χ3n) is 3.56. The smallest absolute Gasteiger partial charge is 0.124 e. The van der Waals surface area contributed by atoms with Crippen LogP contribution >= 0.6 is 28.3 Å². The Hall–Kier alpha value is -0.290. The number of benzene rings is 1. The van der Waals surface area contributed by atoms with E-state index < -0.39 is 0 Å². The second-order valence-corrected chi connectivity index (χ2v) is 5.73. The molecule has 108 valence electrons. The van der Waals surface area contributed by atoms with Gasteiger partial charge in [0.05, 0.1) is 7.11 Å². The Morgan fingerprint density at radius 3 is 2.95 bits per heavy atom. The van der Waals surface area contributed by atoms with Gasteiger partial charge in [-0.05, 0) is 38.6 Å². The van der Waals surface area contributed by atoms with Crippen LogP contribution in [0.2, 0.25) is 0 Å². The summed E-state index contributed by atoms with van der Waals surface area (Å²) in [6, 6.07) is 6.89. The third kappa shape index (κ3) is 4.63. The zero-order chi connectivity index (χ0) is 13.0. The molecule has 3 nitrogen and oxygen atoms in total. The molecule has 0 aliphatic carbocycles. The lowest BCUT2D eigenvalue weighted by Gasteiger charge is -2.32. The molecule has 1 atom stereocenters. The number of nitrogens with zero attached hydrogens (tertiary/aromatic N) is 1. The van der Waals surface area contributed by atoms with E-state index in [4.69, 9.17) is 4.74 Å². The standard InChI is InChI=1S/C14H21BrN2O.ClH/c1-16-13-4-3-7-17(10-13)9-11-5-6-12(15)8-14(11)18-2;/h5-6,8,13,16H,3-4,7,9-10H2,1-2H3;1H. The molecule has 1 fully saturated rings. The molecule has 1 saturated heterocycles. The Morgan fingerprint density at radius 1 is 1.47 bits per heavy atom. The molecule has 5 heteroatoms. The third-order valence-corrected chi connectivity index (χ3v) is 4.05. The van der Waals surface area contributed by atoms with Crippen LogP contribution < -0.4 is 10.1 Å². The molecule has 19 heavy (non-hydrogen) atoms. The first-order valence-corrected chi connectivity index (χ1v) is 7.24. The van der Waals surface area contributed by atoms with Gasteiger partial charge in [-0.3, -0.25) is 4.90 Å². The van der Waals surface area contributed by atoms with Crippen LogP contribution in [0.4, 0.5) is 0 Å². The van der Waals surface area contributed by atoms with Crippen LogP contribution in [0.15, 0.2) is 22.7 Å². The van der Waals surface area contributed by atoms with Crippen LogP contribution in [-0.4, -0.2) is 38.2 Å². The summed E-state index contributed by atoms with van der Waals surface area (Å²) in [6.07, 6.45) is 2.55. The number of ether oxygens (including phenoxy) is 1. The highest BCUT2D eigenvalue weighted by atomic mass is 79.9. The van der Waals surface area contributed by atoms with Crippen molar-refractivity contribution in [2.75, 3.05) is 27.2 Å². The van der Waals surface area contributed by atoms with Gasteiger partial charge in [-0.25, -0.2) is 0 Å². The number of rotatable bonds is 4. The molecule has 0 spiro atoms. The number of likely N-dealkylation sites (tertiary alicyclic amines) is 1. The van der Waals surface area contributed by atoms with Crippen molar-refractivity contribution in [3.8, 4) is 5.75 Å². The number of nitrogens with one attached hydrogen (secondary N) is 1. The normalized spacial score (nSPS) is 19.8. The maximum absolute atomic E-state index is 5.45. The van der Waals surface area contributed by atoms with Gasteiger partial charge in [0.25, 0.3) is 0 Å². The number of hydrogen-bond acceptors (Lipinski definition) is 3. The van der Waals surface area contributed by atoms with E-state index in [1.54, 1.807) is 7.11 Å². The number of halogens is 2. The van der Waals surface area contributed by atoms with Gasteiger partial charge in [0.2, 0.25) is 0 Å². The lowest BCUT2D eigenvalue weighted by molar-refractivity contribution is 0.186. The highest BCUT2D eigenvalue weighted by molar-refractivity contribution is 9.10. The molecule has 1 N–H and O–H groups in total. The van der Waals surface area contributed by atoms with E-state index >= 15 is 0 Å². The van der Waals surface area contributed by atoms with Gasteiger partial charge in [-0.2, -0.15) is 0 Å². The molecule has 0 saturated carbocycles. The van der Waals surface area contributed by atoms with Gasteiger partial charge in [-0.1, -0.05) is 22.0 Å². The fraction of sp³-hybridized carbons (Fsp3) is 0.571. The van der Waals surface area contributed by atoms with E-state index in [1.165, 1.54) is 24.9 Å². The van der Waals surface area contributed by atoms with E-state index in [9.17, 15) is 0 Å². The van der Waals surface area contributed by atoms with Crippen LogP contribution in [0.5, 0.6) is 5.75 Å². The van der Waals surface area contributed by atoms with Crippen LogP contribution in [0.25, 0.3) is 0 Å². The largest absolute Gasteiger partial charge is 0.496 e. The molecule has 1 aliphatic rings. The lowest BCUT2D eigenvalue weighted by Crippen LogP contribution is -2.43. The Kier molecular flexibility index (Phi) is 7.15. The van der Waals surface area contributed by atoms with E-state index in [0.717, 1.165) is 23.3 Å². The van der Waals surface area contributed by atoms with E-state index in [1.807, 2.05) is 13.1 Å². The quantitative estimate of drug-likeness (QED) is 0.904. The van der Waals surface area contributed by atoms with E-state index in [0.29, 0.717) is 6.04 Å². The summed E-state index contributed by atoms with van der Waals surface area (Å²) < 4.78 is 6.51. The Labute approximate surface area is 130 Å². The molecule has 2 rings (SSSR count). The van der Waals surface area contributed by atoms with Crippen LogP contribution in [0.3, 0.4) is 0 Å². The number of hydrogen-bond donors (Lipinski definition) is 1. The molecule has 1 aromatic carbocycles. The zero-order valence-corrected chi connectivity index (χ0v) is 13.9. The SMILES string of the molecule is CNC1CCCN(Cc2ccc(Br)cc2OC)C1.Cl. The minimum atomic E-state index is 0. The van der Waals surface area contributed by atoms with Crippen molar-refractivity contribution in [2.24, 2.45) is 0 Å². The molecule has 0 aromatic heterocycles. The van der Waals surface area contributed by atoms with Crippen LogP contribution in [0, 0.1) is 0 Å². The monoisotopic (exact) mass is 348 g/mol. The molecule has 1 unspecified atom stereocenters. The molecular weight excluding hydrogens is 328 g/mol. The van der Waals surface area contributed by atoms with Gasteiger partial charge in [-0.15, -0.1) is 12.4 Å². The van der Waals surface area contributed by atoms with Crippen molar-refractivity contribution < 1.29 is 4.74 Å². The van der Waals surface area contributed by atoms with Gasteiger partial charge in [0.15, 0.2) is 0 Å². The van der Waals surface area contributed by atoms with Gasteiger partial charge < -0.3 is 10.1 Å². The number of methoxy groups -OCH3 is 1. The Balaban J connectivity index is 0.00000180. The zero-order valence-electron chi connectivity index (χ0n) is 11.5. The predicted molar refractivity (Wildman–Crippen MR) is 85.3 cm³/mol. The fourth-order valence-corrected chi connectivity index (χ4v) is 2.86. The Bertz CT molecular complexity index is 403. The minimum absolute atomic E-state index is 0. The maximum atomic E-state index is 5.45. The molecule has 1 aliphatic heterocycles. The summed E-state index contributed by atoms with van der Waals surface area (Å²) in [6.45, 7) is 3.27. The summed E-state index contributed by atoms with van der Waals surface area (Å²) in [4.78, 5) is 2.50. The first kappa shape index (κ1) is 16.8. The first-order valence-electron chi connectivity index (χ1n) is 6.45. The van der Waals surface area contributed by atoms with E-state index in [-0.39, 0.29) is 12.4 Å². The number of piperidine rings is 1. The molecule has 0 amide bonds. The van der Waals surface area contributed by atoms with Crippen molar-refractivity contribution in [3.63, 3.8) is 0 Å². The topological polar surface area (TPSA) is 24.5 Å². The summed E-state index contributed by atoms with van der Waals surface area (Å²) >= 11 is 3.48. The molecule has 1 aromatic rings. The van der Waals surface area contributed by atoms with Crippen molar-refractivity contribution >= 4 is 28.3 Å². The molecule has 1 heterocycles. The lowest BCUT2D eigenvalue weighted by atomic mass is 10.0. The van der Waals surface area contributed by atoms with E-state index in [2.05, 4.69) is 38.3 Å². The van der Waals surface area contributed by atoms with Crippen LogP contribution in [0.1, 0.15) is 18.4 Å². The molecular formula is C14H22BrClN2O. The minimum Gasteiger partial charge on any atom is -0.496 e. The summed E-state index contributed by atoms with van der Waals surface area (Å²) in [5, 5.41) is 3.38. The van der Waals surface area contributed by atoms with Crippen molar-refractivity contribution in [2.45, 2.75) is 25.4 Å². The fourth-order valence-electron chi connectivity index (χ4n) is 2.52. The maximum Gasteiger partial charge on any atom is 0.124 e. The average molecular weight is 350 g/mol. The first-order chi connectivity index (χ1) is 8.72. The van der Waals surface area contributed by atoms with Gasteiger partial charge in [0, 0.05) is 29.2 Å². The van der Waals surface area contributed by atoms with Gasteiger partial charge in [0.1, 0.15) is 5.75 Å².